The number of hydrogen-bond donors (Lipinski definition) is 0. The summed E-state index contributed by atoms with van der Waals surface area (Å²) in [4.78, 5) is 16.4. The first-order chi connectivity index (χ1) is 13.8. The predicted octanol–water partition coefficient (Wildman–Crippen LogP) is 4.59. The predicted molar refractivity (Wildman–Crippen MR) is 114 cm³/mol. The van der Waals surface area contributed by atoms with Crippen LogP contribution in [0.4, 0.5) is 11.4 Å². The Bertz CT molecular complexity index is 792. The second-order valence-electron chi connectivity index (χ2n) is 7.97. The number of ether oxygens (including phenoxy) is 1. The SMILES string of the molecule is C[C@@H]1CCCN1CCCOc1ccc2c(c1)CCC(C=O)N2c1ccccc1. The Morgan fingerprint density at radius 3 is 2.75 bits per heavy atom. The van der Waals surface area contributed by atoms with E-state index in [-0.39, 0.29) is 6.04 Å². The summed E-state index contributed by atoms with van der Waals surface area (Å²) in [7, 11) is 0. The summed E-state index contributed by atoms with van der Waals surface area (Å²) < 4.78 is 6.05. The van der Waals surface area contributed by atoms with Gasteiger partial charge in [0, 0.05) is 24.0 Å². The second-order valence-corrected chi connectivity index (χ2v) is 7.97. The zero-order valence-electron chi connectivity index (χ0n) is 16.7. The molecule has 1 fully saturated rings. The molecule has 0 amide bonds. The van der Waals surface area contributed by atoms with Crippen molar-refractivity contribution < 1.29 is 9.53 Å². The normalized spacial score (nSPS) is 22.1. The molecule has 0 spiro atoms. The number of hydrogen-bond acceptors (Lipinski definition) is 4. The van der Waals surface area contributed by atoms with E-state index in [0.29, 0.717) is 0 Å². The topological polar surface area (TPSA) is 32.8 Å². The van der Waals surface area contributed by atoms with E-state index in [1.165, 1.54) is 24.9 Å². The van der Waals surface area contributed by atoms with Gasteiger partial charge in [0.05, 0.1) is 12.6 Å². The zero-order chi connectivity index (χ0) is 19.3. The molecule has 4 nitrogen and oxygen atoms in total. The summed E-state index contributed by atoms with van der Waals surface area (Å²) in [5.41, 5.74) is 3.44. The third kappa shape index (κ3) is 4.07. The van der Waals surface area contributed by atoms with E-state index in [9.17, 15) is 4.79 Å². The lowest BCUT2D eigenvalue weighted by Crippen LogP contribution is -2.36. The Labute approximate surface area is 168 Å². The van der Waals surface area contributed by atoms with Gasteiger partial charge in [-0.2, -0.15) is 0 Å². The maximum atomic E-state index is 11.7. The molecule has 4 rings (SSSR count). The van der Waals surface area contributed by atoms with Crippen LogP contribution in [-0.2, 0) is 11.2 Å². The lowest BCUT2D eigenvalue weighted by molar-refractivity contribution is -0.109. The van der Waals surface area contributed by atoms with E-state index in [1.807, 2.05) is 24.3 Å². The molecule has 148 valence electrons. The molecule has 4 heteroatoms. The first-order valence-electron chi connectivity index (χ1n) is 10.6. The van der Waals surface area contributed by atoms with Crippen LogP contribution < -0.4 is 9.64 Å². The van der Waals surface area contributed by atoms with Crippen LogP contribution in [0, 0.1) is 0 Å². The van der Waals surface area contributed by atoms with Crippen molar-refractivity contribution in [3.05, 3.63) is 54.1 Å². The Morgan fingerprint density at radius 1 is 1.14 bits per heavy atom. The van der Waals surface area contributed by atoms with E-state index in [2.05, 4.69) is 41.0 Å². The smallest absolute Gasteiger partial charge is 0.142 e. The van der Waals surface area contributed by atoms with Crippen LogP contribution >= 0.6 is 0 Å². The lowest BCUT2D eigenvalue weighted by atomic mass is 9.95. The van der Waals surface area contributed by atoms with Crippen molar-refractivity contribution in [3.63, 3.8) is 0 Å². The molecule has 1 unspecified atom stereocenters. The molecule has 2 heterocycles. The van der Waals surface area contributed by atoms with Crippen LogP contribution in [-0.4, -0.2) is 43.0 Å². The van der Waals surface area contributed by atoms with Gasteiger partial charge in [0.2, 0.25) is 0 Å². The third-order valence-corrected chi connectivity index (χ3v) is 6.09. The minimum absolute atomic E-state index is 0.107. The standard InChI is InChI=1S/C24H30N2O2/c1-19-7-5-14-25(19)15-6-16-28-23-12-13-24-20(17-23)10-11-22(18-27)26(24)21-8-3-2-4-9-21/h2-4,8-9,12-13,17-19,22H,5-7,10-11,14-16H2,1H3/t19-,22?/m1/s1. The summed E-state index contributed by atoms with van der Waals surface area (Å²) >= 11 is 0. The maximum Gasteiger partial charge on any atom is 0.142 e. The molecule has 0 N–H and O–H groups in total. The van der Waals surface area contributed by atoms with Crippen LogP contribution in [0.1, 0.15) is 38.2 Å². The molecule has 2 aromatic rings. The van der Waals surface area contributed by atoms with E-state index < -0.39 is 0 Å². The number of likely N-dealkylation sites (tertiary alicyclic amines) is 1. The van der Waals surface area contributed by atoms with Gasteiger partial charge < -0.3 is 19.3 Å². The number of aldehydes is 1. The van der Waals surface area contributed by atoms with Gasteiger partial charge in [0.15, 0.2) is 0 Å². The summed E-state index contributed by atoms with van der Waals surface area (Å²) in [6, 6.07) is 17.1. The van der Waals surface area contributed by atoms with Gasteiger partial charge in [-0.25, -0.2) is 0 Å². The van der Waals surface area contributed by atoms with Crippen LogP contribution in [0.5, 0.6) is 5.75 Å². The molecule has 28 heavy (non-hydrogen) atoms. The molecule has 0 saturated carbocycles. The fraction of sp³-hybridized carbons (Fsp3) is 0.458. The van der Waals surface area contributed by atoms with Crippen molar-refractivity contribution in [2.45, 2.75) is 51.1 Å². The number of para-hydroxylation sites is 1. The number of rotatable bonds is 7. The fourth-order valence-corrected chi connectivity index (χ4v) is 4.53. The highest BCUT2D eigenvalue weighted by molar-refractivity contribution is 5.78. The van der Waals surface area contributed by atoms with Gasteiger partial charge in [-0.1, -0.05) is 18.2 Å². The lowest BCUT2D eigenvalue weighted by Gasteiger charge is -2.36. The van der Waals surface area contributed by atoms with Crippen molar-refractivity contribution in [2.75, 3.05) is 24.6 Å². The fourth-order valence-electron chi connectivity index (χ4n) is 4.53. The molecule has 0 radical (unpaired) electrons. The number of benzene rings is 2. The Hall–Kier alpha value is -2.33. The number of carbonyl (C=O) groups excluding carboxylic acids is 1. The van der Waals surface area contributed by atoms with Gasteiger partial charge >= 0.3 is 0 Å². The molecule has 0 bridgehead atoms. The van der Waals surface area contributed by atoms with Crippen molar-refractivity contribution in [3.8, 4) is 5.75 Å². The molecule has 2 aromatic carbocycles. The van der Waals surface area contributed by atoms with Crippen molar-refractivity contribution in [1.29, 1.82) is 0 Å². The number of nitrogens with zero attached hydrogens (tertiary/aromatic N) is 2. The van der Waals surface area contributed by atoms with E-state index in [0.717, 1.165) is 61.9 Å². The van der Waals surface area contributed by atoms with Gasteiger partial charge in [0.1, 0.15) is 12.0 Å². The highest BCUT2D eigenvalue weighted by atomic mass is 16.5. The molecule has 2 aliphatic heterocycles. The van der Waals surface area contributed by atoms with Crippen LogP contribution in [0.15, 0.2) is 48.5 Å². The molecule has 1 saturated heterocycles. The van der Waals surface area contributed by atoms with Gasteiger partial charge in [-0.15, -0.1) is 0 Å². The Kier molecular flexibility index (Phi) is 5.96. The minimum atomic E-state index is -0.107. The molecular weight excluding hydrogens is 348 g/mol. The van der Waals surface area contributed by atoms with Gasteiger partial charge in [0.25, 0.3) is 0 Å². The average Bonchev–Trinajstić information content (AvgIpc) is 3.15. The van der Waals surface area contributed by atoms with Gasteiger partial charge in [-0.3, -0.25) is 0 Å². The van der Waals surface area contributed by atoms with Crippen LogP contribution in [0.25, 0.3) is 0 Å². The molecule has 0 aromatic heterocycles. The number of aryl methyl sites for hydroxylation is 1. The highest BCUT2D eigenvalue weighted by Crippen LogP contribution is 2.38. The number of anilines is 2. The second kappa shape index (κ2) is 8.78. The molecule has 2 aliphatic rings. The quantitative estimate of drug-likeness (QED) is 0.521. The van der Waals surface area contributed by atoms with E-state index >= 15 is 0 Å². The number of fused-ring (bicyclic) bond motifs is 1. The van der Waals surface area contributed by atoms with Crippen LogP contribution in [0.3, 0.4) is 0 Å². The van der Waals surface area contributed by atoms with Gasteiger partial charge in [-0.05, 0) is 81.5 Å². The average molecular weight is 379 g/mol. The zero-order valence-corrected chi connectivity index (χ0v) is 16.7. The number of carbonyl (C=O) groups is 1. The Morgan fingerprint density at radius 2 is 2.00 bits per heavy atom. The monoisotopic (exact) mass is 378 g/mol. The molecule has 0 aliphatic carbocycles. The highest BCUT2D eigenvalue weighted by Gasteiger charge is 2.27. The van der Waals surface area contributed by atoms with E-state index in [1.54, 1.807) is 0 Å². The maximum absolute atomic E-state index is 11.7. The minimum Gasteiger partial charge on any atom is -0.494 e. The van der Waals surface area contributed by atoms with Crippen molar-refractivity contribution in [2.24, 2.45) is 0 Å². The van der Waals surface area contributed by atoms with E-state index in [4.69, 9.17) is 4.74 Å². The largest absolute Gasteiger partial charge is 0.494 e. The van der Waals surface area contributed by atoms with Crippen molar-refractivity contribution in [1.82, 2.24) is 4.90 Å². The Balaban J connectivity index is 1.42. The third-order valence-electron chi connectivity index (χ3n) is 6.09. The summed E-state index contributed by atoms with van der Waals surface area (Å²) in [5, 5.41) is 0. The summed E-state index contributed by atoms with van der Waals surface area (Å²) in [5.74, 6) is 0.936. The molecule has 2 atom stereocenters. The molecular formula is C24H30N2O2. The summed E-state index contributed by atoms with van der Waals surface area (Å²) in [6.07, 6.45) is 6.52. The van der Waals surface area contributed by atoms with Crippen molar-refractivity contribution >= 4 is 17.7 Å². The summed E-state index contributed by atoms with van der Waals surface area (Å²) in [6.45, 7) is 5.42. The first kappa shape index (κ1) is 19.0. The van der Waals surface area contributed by atoms with Crippen LogP contribution in [0.2, 0.25) is 0 Å². The first-order valence-corrected chi connectivity index (χ1v) is 10.6.